The quantitative estimate of drug-likeness (QED) is 0.765. The summed E-state index contributed by atoms with van der Waals surface area (Å²) in [5, 5.41) is 11.5. The van der Waals surface area contributed by atoms with Gasteiger partial charge in [-0.1, -0.05) is 20.8 Å². The van der Waals surface area contributed by atoms with Gasteiger partial charge in [-0.05, 0) is 6.07 Å². The monoisotopic (exact) mass is 265 g/mol. The molecule has 19 heavy (non-hydrogen) atoms. The summed E-state index contributed by atoms with van der Waals surface area (Å²) in [6, 6.07) is 0.905. The summed E-state index contributed by atoms with van der Waals surface area (Å²) in [4.78, 5) is 26.5. The van der Waals surface area contributed by atoms with Gasteiger partial charge in [0, 0.05) is 35.1 Å². The lowest BCUT2D eigenvalue weighted by Gasteiger charge is -2.20. The Hall–Kier alpha value is -1.95. The molecule has 0 saturated heterocycles. The number of carboxylic acid groups (broad SMARTS) is 1. The fraction of sp³-hybridized carbons (Fsp3) is 0.462. The highest BCUT2D eigenvalue weighted by Gasteiger charge is 2.23. The third-order valence-corrected chi connectivity index (χ3v) is 2.58. The van der Waals surface area contributed by atoms with Crippen LogP contribution < -0.4 is 11.1 Å². The van der Waals surface area contributed by atoms with Crippen LogP contribution in [0.1, 0.15) is 38.8 Å². The van der Waals surface area contributed by atoms with Crippen molar-refractivity contribution in [1.82, 2.24) is 4.98 Å². The van der Waals surface area contributed by atoms with Crippen molar-refractivity contribution in [1.29, 1.82) is 0 Å². The van der Waals surface area contributed by atoms with Gasteiger partial charge in [-0.2, -0.15) is 0 Å². The minimum absolute atomic E-state index is 0.164. The van der Waals surface area contributed by atoms with E-state index in [-0.39, 0.29) is 12.3 Å². The molecule has 4 N–H and O–H groups in total. The molecule has 0 radical (unpaired) electrons. The molecule has 104 valence electrons. The predicted molar refractivity (Wildman–Crippen MR) is 71.5 cm³/mol. The zero-order chi connectivity index (χ0) is 14.6. The van der Waals surface area contributed by atoms with Crippen LogP contribution >= 0.6 is 0 Å². The molecule has 1 unspecified atom stereocenters. The van der Waals surface area contributed by atoms with Gasteiger partial charge in [0.1, 0.15) is 0 Å². The van der Waals surface area contributed by atoms with E-state index in [1.54, 1.807) is 26.8 Å². The standard InChI is InChI=1S/C13H19N3O3/c1-13(2,3)12(19)16-10-4-5-15-7-8(10)9(14)6-11(17)18/h4-5,7,9H,6,14H2,1-3H3,(H,17,18)(H,15,16,19). The summed E-state index contributed by atoms with van der Waals surface area (Å²) < 4.78 is 0. The van der Waals surface area contributed by atoms with Crippen LogP contribution in [-0.2, 0) is 9.59 Å². The summed E-state index contributed by atoms with van der Waals surface area (Å²) in [7, 11) is 0. The number of rotatable bonds is 4. The van der Waals surface area contributed by atoms with Crippen molar-refractivity contribution < 1.29 is 14.7 Å². The largest absolute Gasteiger partial charge is 0.481 e. The molecule has 1 aromatic heterocycles. The first-order valence-electron chi connectivity index (χ1n) is 5.94. The topological polar surface area (TPSA) is 105 Å². The van der Waals surface area contributed by atoms with Gasteiger partial charge in [-0.3, -0.25) is 14.6 Å². The maximum atomic E-state index is 11.9. The maximum Gasteiger partial charge on any atom is 0.305 e. The molecule has 0 fully saturated rings. The van der Waals surface area contributed by atoms with Gasteiger partial charge in [-0.15, -0.1) is 0 Å². The van der Waals surface area contributed by atoms with Crippen molar-refractivity contribution in [3.63, 3.8) is 0 Å². The molecule has 0 aliphatic heterocycles. The second-order valence-electron chi connectivity index (χ2n) is 5.37. The van der Waals surface area contributed by atoms with E-state index in [0.717, 1.165) is 0 Å². The second kappa shape index (κ2) is 5.79. The molecule has 1 rings (SSSR count). The molecule has 6 heteroatoms. The fourth-order valence-corrected chi connectivity index (χ4v) is 1.42. The molecule has 0 spiro atoms. The van der Waals surface area contributed by atoms with Crippen molar-refractivity contribution in [3.05, 3.63) is 24.0 Å². The summed E-state index contributed by atoms with van der Waals surface area (Å²) in [5.74, 6) is -1.16. The van der Waals surface area contributed by atoms with Crippen LogP contribution in [0, 0.1) is 5.41 Å². The van der Waals surface area contributed by atoms with Gasteiger partial charge in [0.2, 0.25) is 5.91 Å². The van der Waals surface area contributed by atoms with Gasteiger partial charge >= 0.3 is 5.97 Å². The Morgan fingerprint density at radius 2 is 2.11 bits per heavy atom. The van der Waals surface area contributed by atoms with E-state index in [1.165, 1.54) is 12.4 Å². The number of carbonyl (C=O) groups is 2. The summed E-state index contributed by atoms with van der Waals surface area (Å²) in [6.45, 7) is 5.38. The highest BCUT2D eigenvalue weighted by molar-refractivity contribution is 5.95. The molecular weight excluding hydrogens is 246 g/mol. The van der Waals surface area contributed by atoms with E-state index >= 15 is 0 Å². The second-order valence-corrected chi connectivity index (χ2v) is 5.37. The molecular formula is C13H19N3O3. The number of nitrogens with two attached hydrogens (primary N) is 1. The smallest absolute Gasteiger partial charge is 0.305 e. The van der Waals surface area contributed by atoms with Crippen LogP contribution in [0.2, 0.25) is 0 Å². The number of hydrogen-bond donors (Lipinski definition) is 3. The summed E-state index contributed by atoms with van der Waals surface area (Å²) in [6.07, 6.45) is 2.78. The van der Waals surface area contributed by atoms with Crippen molar-refractivity contribution in [3.8, 4) is 0 Å². The Balaban J connectivity index is 2.96. The number of carboxylic acids is 1. The van der Waals surface area contributed by atoms with Gasteiger partial charge in [0.05, 0.1) is 6.42 Å². The summed E-state index contributed by atoms with van der Waals surface area (Å²) in [5.41, 5.74) is 6.28. The number of amides is 1. The van der Waals surface area contributed by atoms with Crippen molar-refractivity contribution in [2.24, 2.45) is 11.1 Å². The Labute approximate surface area is 112 Å². The molecule has 0 aromatic carbocycles. The van der Waals surface area contributed by atoms with E-state index in [1.807, 2.05) is 0 Å². The summed E-state index contributed by atoms with van der Waals surface area (Å²) >= 11 is 0. The van der Waals surface area contributed by atoms with Crippen LogP contribution in [0.15, 0.2) is 18.5 Å². The van der Waals surface area contributed by atoms with Crippen LogP contribution in [-0.4, -0.2) is 22.0 Å². The lowest BCUT2D eigenvalue weighted by atomic mass is 9.95. The molecule has 1 atom stereocenters. The minimum atomic E-state index is -0.996. The van der Waals surface area contributed by atoms with Crippen LogP contribution in [0.25, 0.3) is 0 Å². The number of nitrogens with zero attached hydrogens (tertiary/aromatic N) is 1. The van der Waals surface area contributed by atoms with Gasteiger partial charge in [0.15, 0.2) is 0 Å². The predicted octanol–water partition coefficient (Wildman–Crippen LogP) is 1.54. The highest BCUT2D eigenvalue weighted by Crippen LogP contribution is 2.24. The number of carbonyl (C=O) groups excluding carboxylic acids is 1. The first-order valence-corrected chi connectivity index (χ1v) is 5.94. The van der Waals surface area contributed by atoms with Crippen molar-refractivity contribution in [2.75, 3.05) is 5.32 Å². The van der Waals surface area contributed by atoms with Crippen molar-refractivity contribution in [2.45, 2.75) is 33.2 Å². The Morgan fingerprint density at radius 3 is 2.63 bits per heavy atom. The van der Waals surface area contributed by atoms with E-state index in [2.05, 4.69) is 10.3 Å². The number of aromatic nitrogens is 1. The lowest BCUT2D eigenvalue weighted by Crippen LogP contribution is -2.29. The number of anilines is 1. The average molecular weight is 265 g/mol. The third kappa shape index (κ3) is 4.33. The molecule has 0 saturated carbocycles. The van der Waals surface area contributed by atoms with Crippen LogP contribution in [0.4, 0.5) is 5.69 Å². The van der Waals surface area contributed by atoms with Gasteiger partial charge in [-0.25, -0.2) is 0 Å². The SMILES string of the molecule is CC(C)(C)C(=O)Nc1ccncc1C(N)CC(=O)O. The zero-order valence-electron chi connectivity index (χ0n) is 11.3. The van der Waals surface area contributed by atoms with E-state index in [9.17, 15) is 9.59 Å². The highest BCUT2D eigenvalue weighted by atomic mass is 16.4. The molecule has 0 aliphatic carbocycles. The molecule has 0 aliphatic rings. The lowest BCUT2D eigenvalue weighted by molar-refractivity contribution is -0.137. The fourth-order valence-electron chi connectivity index (χ4n) is 1.42. The molecule has 0 bridgehead atoms. The van der Waals surface area contributed by atoms with E-state index < -0.39 is 17.4 Å². The Morgan fingerprint density at radius 1 is 1.47 bits per heavy atom. The molecule has 1 amide bonds. The van der Waals surface area contributed by atoms with E-state index in [4.69, 9.17) is 10.8 Å². The third-order valence-electron chi connectivity index (χ3n) is 2.58. The number of aliphatic carboxylic acids is 1. The van der Waals surface area contributed by atoms with Gasteiger partial charge in [0.25, 0.3) is 0 Å². The molecule has 1 aromatic rings. The maximum absolute atomic E-state index is 11.9. The minimum Gasteiger partial charge on any atom is -0.481 e. The normalized spacial score (nSPS) is 12.8. The number of nitrogens with one attached hydrogen (secondary N) is 1. The van der Waals surface area contributed by atoms with Gasteiger partial charge < -0.3 is 16.2 Å². The van der Waals surface area contributed by atoms with Crippen LogP contribution in [0.5, 0.6) is 0 Å². The zero-order valence-corrected chi connectivity index (χ0v) is 11.3. The van der Waals surface area contributed by atoms with Crippen LogP contribution in [0.3, 0.4) is 0 Å². The average Bonchev–Trinajstić information content (AvgIpc) is 2.27. The Kier molecular flexibility index (Phi) is 4.61. The van der Waals surface area contributed by atoms with Crippen molar-refractivity contribution >= 4 is 17.6 Å². The van der Waals surface area contributed by atoms with E-state index in [0.29, 0.717) is 11.3 Å². The Bertz CT molecular complexity index is 480. The molecule has 1 heterocycles. The first-order chi connectivity index (χ1) is 8.71. The number of pyridine rings is 1. The molecule has 6 nitrogen and oxygen atoms in total. The number of hydrogen-bond acceptors (Lipinski definition) is 4. The first kappa shape index (κ1) is 15.1.